The molecule has 0 spiro atoms. The van der Waals surface area contributed by atoms with E-state index in [0.29, 0.717) is 11.6 Å². The molecule has 0 aromatic heterocycles. The van der Waals surface area contributed by atoms with Crippen LogP contribution in [0.15, 0.2) is 53.4 Å². The molecule has 1 heterocycles. The zero-order valence-electron chi connectivity index (χ0n) is 16.9. The molecule has 6 nitrogen and oxygen atoms in total. The Morgan fingerprint density at radius 2 is 1.63 bits per heavy atom. The van der Waals surface area contributed by atoms with Crippen LogP contribution in [-0.4, -0.2) is 38.9 Å². The van der Waals surface area contributed by atoms with E-state index in [4.69, 9.17) is 11.6 Å². The Labute approximate surface area is 183 Å². The highest BCUT2D eigenvalue weighted by Crippen LogP contribution is 2.16. The summed E-state index contributed by atoms with van der Waals surface area (Å²) in [5.41, 5.74) is 2.32. The van der Waals surface area contributed by atoms with E-state index in [1.54, 1.807) is 0 Å². The lowest BCUT2D eigenvalue weighted by Gasteiger charge is -2.27. The molecule has 1 amide bonds. The van der Waals surface area contributed by atoms with Crippen molar-refractivity contribution in [2.45, 2.75) is 43.7 Å². The van der Waals surface area contributed by atoms with Crippen LogP contribution in [0.4, 0.5) is 0 Å². The quantitative estimate of drug-likeness (QED) is 0.615. The van der Waals surface area contributed by atoms with Crippen LogP contribution in [0.5, 0.6) is 0 Å². The van der Waals surface area contributed by atoms with Crippen LogP contribution in [0.3, 0.4) is 0 Å². The summed E-state index contributed by atoms with van der Waals surface area (Å²) < 4.78 is 26.9. The van der Waals surface area contributed by atoms with Crippen molar-refractivity contribution in [2.24, 2.45) is 0 Å². The highest BCUT2D eigenvalue weighted by Gasteiger charge is 2.15. The predicted octanol–water partition coefficient (Wildman–Crippen LogP) is 3.31. The first-order valence-electron chi connectivity index (χ1n) is 10.2. The maximum Gasteiger partial charge on any atom is 0.240 e. The molecule has 0 bridgehead atoms. The lowest BCUT2D eigenvalue weighted by atomic mass is 10.0. The topological polar surface area (TPSA) is 78.5 Å². The Kier molecular flexibility index (Phi) is 8.27. The average Bonchev–Trinajstić information content (AvgIpc) is 2.74. The molecule has 30 heavy (non-hydrogen) atoms. The van der Waals surface area contributed by atoms with Crippen molar-refractivity contribution in [3.05, 3.63) is 64.7 Å². The summed E-state index contributed by atoms with van der Waals surface area (Å²) in [5.74, 6) is -0.193. The number of carbonyl (C=O) groups excluding carboxylic acids is 1. The second kappa shape index (κ2) is 10.9. The summed E-state index contributed by atoms with van der Waals surface area (Å²) in [6.45, 7) is 3.61. The fraction of sp³-hybridized carbons (Fsp3) is 0.409. The van der Waals surface area contributed by atoms with Gasteiger partial charge < -0.3 is 5.32 Å². The van der Waals surface area contributed by atoms with Crippen molar-refractivity contribution < 1.29 is 13.2 Å². The smallest absolute Gasteiger partial charge is 0.240 e. The molecule has 3 rings (SSSR count). The molecule has 162 valence electrons. The van der Waals surface area contributed by atoms with Crippen molar-refractivity contribution in [2.75, 3.05) is 19.6 Å². The third-order valence-corrected chi connectivity index (χ3v) is 6.93. The Hall–Kier alpha value is -1.93. The lowest BCUT2D eigenvalue weighted by molar-refractivity contribution is -0.121. The zero-order chi connectivity index (χ0) is 21.4. The van der Waals surface area contributed by atoms with Crippen LogP contribution in [0, 0.1) is 0 Å². The van der Waals surface area contributed by atoms with Crippen molar-refractivity contribution in [3.63, 3.8) is 0 Å². The minimum absolute atomic E-state index is 0.0339. The lowest BCUT2D eigenvalue weighted by Crippen LogP contribution is -2.31. The molecular formula is C22H28ClN3O3S. The van der Waals surface area contributed by atoms with Gasteiger partial charge in [0, 0.05) is 31.1 Å². The Bertz CT molecular complexity index is 942. The van der Waals surface area contributed by atoms with Gasteiger partial charge in [-0.15, -0.1) is 0 Å². The number of nitrogens with zero attached hydrogens (tertiary/aromatic N) is 1. The second-order valence-corrected chi connectivity index (χ2v) is 9.69. The fourth-order valence-corrected chi connectivity index (χ4v) is 4.68. The number of benzene rings is 2. The van der Waals surface area contributed by atoms with Crippen molar-refractivity contribution in [1.82, 2.24) is 14.9 Å². The van der Waals surface area contributed by atoms with E-state index in [2.05, 4.69) is 21.0 Å². The number of rotatable bonds is 9. The predicted molar refractivity (Wildman–Crippen MR) is 119 cm³/mol. The molecule has 1 fully saturated rings. The number of hydrogen-bond donors (Lipinski definition) is 2. The maximum atomic E-state index is 12.2. The largest absolute Gasteiger partial charge is 0.352 e. The zero-order valence-corrected chi connectivity index (χ0v) is 18.5. The van der Waals surface area contributed by atoms with Crippen LogP contribution >= 0.6 is 11.6 Å². The number of halogens is 1. The fourth-order valence-electron chi connectivity index (χ4n) is 3.52. The van der Waals surface area contributed by atoms with Gasteiger partial charge in [-0.3, -0.25) is 9.69 Å². The Morgan fingerprint density at radius 3 is 2.33 bits per heavy atom. The first kappa shape index (κ1) is 22.7. The number of sulfonamides is 1. The van der Waals surface area contributed by atoms with Crippen LogP contribution in [0.1, 0.15) is 36.8 Å². The molecule has 2 aromatic carbocycles. The number of likely N-dealkylation sites (tertiary alicyclic amines) is 1. The van der Waals surface area contributed by atoms with E-state index >= 15 is 0 Å². The minimum Gasteiger partial charge on any atom is -0.352 e. The van der Waals surface area contributed by atoms with Gasteiger partial charge in [-0.2, -0.15) is 0 Å². The Morgan fingerprint density at radius 1 is 0.967 bits per heavy atom. The first-order valence-corrected chi connectivity index (χ1v) is 12.1. The summed E-state index contributed by atoms with van der Waals surface area (Å²) >= 11 is 5.79. The van der Waals surface area contributed by atoms with Gasteiger partial charge in [-0.05, 0) is 61.3 Å². The summed E-state index contributed by atoms with van der Waals surface area (Å²) in [4.78, 5) is 14.8. The van der Waals surface area contributed by atoms with Gasteiger partial charge in [0.15, 0.2) is 0 Å². The molecule has 0 atom stereocenters. The van der Waals surface area contributed by atoms with Gasteiger partial charge in [0.2, 0.25) is 15.9 Å². The van der Waals surface area contributed by atoms with Gasteiger partial charge in [-0.1, -0.05) is 42.3 Å². The summed E-state index contributed by atoms with van der Waals surface area (Å²) in [7, 11) is -3.66. The number of hydrogen-bond acceptors (Lipinski definition) is 4. The molecule has 1 aliphatic rings. The number of nitrogens with one attached hydrogen (secondary N) is 2. The van der Waals surface area contributed by atoms with E-state index in [1.165, 1.54) is 49.1 Å². The minimum atomic E-state index is -3.66. The van der Waals surface area contributed by atoms with Gasteiger partial charge in [0.05, 0.1) is 4.90 Å². The molecule has 1 aliphatic heterocycles. The highest BCUT2D eigenvalue weighted by atomic mass is 35.5. The molecule has 2 aromatic rings. The third kappa shape index (κ3) is 6.80. The normalized spacial score (nSPS) is 15.1. The molecule has 0 saturated carbocycles. The summed E-state index contributed by atoms with van der Waals surface area (Å²) in [5, 5.41) is 3.37. The van der Waals surface area contributed by atoms with Gasteiger partial charge in [-0.25, -0.2) is 13.1 Å². The van der Waals surface area contributed by atoms with Crippen LogP contribution in [0.25, 0.3) is 0 Å². The SMILES string of the molecule is O=C(CCNS(=O)(=O)c1ccc(Cl)cc1)NCc1ccccc1CN1CCCCC1. The molecule has 8 heteroatoms. The monoisotopic (exact) mass is 449 g/mol. The number of amides is 1. The van der Waals surface area contributed by atoms with Crippen LogP contribution in [0.2, 0.25) is 5.02 Å². The van der Waals surface area contributed by atoms with Gasteiger partial charge in [0.1, 0.15) is 0 Å². The third-order valence-electron chi connectivity index (χ3n) is 5.21. The van der Waals surface area contributed by atoms with Crippen LogP contribution in [-0.2, 0) is 27.9 Å². The van der Waals surface area contributed by atoms with E-state index in [1.807, 2.05) is 18.2 Å². The standard InChI is InChI=1S/C22H28ClN3O3S/c23-20-8-10-21(11-9-20)30(28,29)25-13-12-22(27)24-16-18-6-2-3-7-19(18)17-26-14-4-1-5-15-26/h2-3,6-11,25H,1,4-5,12-17H2,(H,24,27). The van der Waals surface area contributed by atoms with Gasteiger partial charge >= 0.3 is 0 Å². The summed E-state index contributed by atoms with van der Waals surface area (Å²) in [6.07, 6.45) is 3.85. The molecule has 0 unspecified atom stereocenters. The Balaban J connectivity index is 1.46. The number of piperidine rings is 1. The van der Waals surface area contributed by atoms with Gasteiger partial charge in [0.25, 0.3) is 0 Å². The molecule has 0 radical (unpaired) electrons. The molecular weight excluding hydrogens is 422 g/mol. The van der Waals surface area contributed by atoms with Crippen molar-refractivity contribution in [3.8, 4) is 0 Å². The summed E-state index contributed by atoms with van der Waals surface area (Å²) in [6, 6.07) is 14.0. The molecule has 1 saturated heterocycles. The van der Waals surface area contributed by atoms with E-state index in [-0.39, 0.29) is 23.8 Å². The molecule has 0 aliphatic carbocycles. The van der Waals surface area contributed by atoms with Crippen LogP contribution < -0.4 is 10.0 Å². The maximum absolute atomic E-state index is 12.2. The van der Waals surface area contributed by atoms with Crippen molar-refractivity contribution in [1.29, 1.82) is 0 Å². The van der Waals surface area contributed by atoms with E-state index in [9.17, 15) is 13.2 Å². The highest BCUT2D eigenvalue weighted by molar-refractivity contribution is 7.89. The first-order chi connectivity index (χ1) is 14.4. The number of carbonyl (C=O) groups is 1. The average molecular weight is 450 g/mol. The van der Waals surface area contributed by atoms with E-state index < -0.39 is 10.0 Å². The second-order valence-electron chi connectivity index (χ2n) is 7.48. The molecule has 2 N–H and O–H groups in total. The van der Waals surface area contributed by atoms with E-state index in [0.717, 1.165) is 25.2 Å². The van der Waals surface area contributed by atoms with Crippen molar-refractivity contribution >= 4 is 27.5 Å².